The summed E-state index contributed by atoms with van der Waals surface area (Å²) < 4.78 is 0. The molecule has 0 radical (unpaired) electrons. The number of aryl methyl sites for hydroxylation is 1. The van der Waals surface area contributed by atoms with Gasteiger partial charge in [-0.3, -0.25) is 4.98 Å². The molecule has 0 bridgehead atoms. The molecule has 0 spiro atoms. The Morgan fingerprint density at radius 3 is 2.92 bits per heavy atom. The Labute approximate surface area is 76.5 Å². The molecule has 2 aromatic rings. The minimum atomic E-state index is 0.680. The molecule has 62 valence electrons. The largest absolute Gasteiger partial charge is 0.256 e. The molecule has 0 saturated heterocycles. The molecule has 0 atom stereocenters. The molecular weight excluding hydrogens is 160 g/mol. The van der Waals surface area contributed by atoms with Gasteiger partial charge in [0.25, 0.3) is 0 Å². The average Bonchev–Trinajstić information content (AvgIpc) is 2.16. The molecule has 1 aromatic heterocycles. The molecule has 2 heteroatoms. The van der Waals surface area contributed by atoms with Crippen LogP contribution in [0.2, 0.25) is 0 Å². The number of fused-ring (bicyclic) bond motifs is 1. The van der Waals surface area contributed by atoms with Crippen LogP contribution in [0, 0.1) is 18.3 Å². The highest BCUT2D eigenvalue weighted by Gasteiger charge is 1.96. The van der Waals surface area contributed by atoms with E-state index in [1.54, 1.807) is 6.07 Å². The normalized spacial score (nSPS) is 9.85. The van der Waals surface area contributed by atoms with Crippen LogP contribution in [0.5, 0.6) is 0 Å². The second-order valence-corrected chi connectivity index (χ2v) is 3.03. The van der Waals surface area contributed by atoms with Crippen molar-refractivity contribution in [3.63, 3.8) is 0 Å². The second-order valence-electron chi connectivity index (χ2n) is 3.03. The molecule has 13 heavy (non-hydrogen) atoms. The molecule has 0 aliphatic heterocycles. The fourth-order valence-corrected chi connectivity index (χ4v) is 1.31. The van der Waals surface area contributed by atoms with E-state index in [2.05, 4.69) is 11.1 Å². The van der Waals surface area contributed by atoms with Crippen LogP contribution < -0.4 is 0 Å². The molecular formula is C11H8N2. The van der Waals surface area contributed by atoms with Crippen molar-refractivity contribution in [3.05, 3.63) is 41.6 Å². The smallest absolute Gasteiger partial charge is 0.0991 e. The van der Waals surface area contributed by atoms with Crippen molar-refractivity contribution in [2.45, 2.75) is 6.92 Å². The van der Waals surface area contributed by atoms with Gasteiger partial charge in [-0.1, -0.05) is 0 Å². The van der Waals surface area contributed by atoms with Crippen molar-refractivity contribution >= 4 is 10.9 Å². The second kappa shape index (κ2) is 2.87. The van der Waals surface area contributed by atoms with Crippen LogP contribution in [0.1, 0.15) is 11.1 Å². The van der Waals surface area contributed by atoms with Crippen molar-refractivity contribution in [2.24, 2.45) is 0 Å². The van der Waals surface area contributed by atoms with Gasteiger partial charge in [0, 0.05) is 11.6 Å². The Bertz CT molecular complexity index is 495. The maximum Gasteiger partial charge on any atom is 0.0991 e. The SMILES string of the molecule is Cc1cnc2ccc(C#N)cc2c1. The van der Waals surface area contributed by atoms with Crippen molar-refractivity contribution in [1.82, 2.24) is 4.98 Å². The van der Waals surface area contributed by atoms with Gasteiger partial charge in [0.1, 0.15) is 0 Å². The first-order chi connectivity index (χ1) is 6.29. The van der Waals surface area contributed by atoms with Gasteiger partial charge in [0.2, 0.25) is 0 Å². The highest BCUT2D eigenvalue weighted by atomic mass is 14.6. The lowest BCUT2D eigenvalue weighted by molar-refractivity contribution is 1.33. The zero-order chi connectivity index (χ0) is 9.26. The Hall–Kier alpha value is -1.88. The summed E-state index contributed by atoms with van der Waals surface area (Å²) in [6.07, 6.45) is 1.83. The van der Waals surface area contributed by atoms with E-state index in [1.165, 1.54) is 0 Å². The Balaban J connectivity index is 2.77. The summed E-state index contributed by atoms with van der Waals surface area (Å²) in [6.45, 7) is 1.99. The Morgan fingerprint density at radius 1 is 1.31 bits per heavy atom. The van der Waals surface area contributed by atoms with Gasteiger partial charge < -0.3 is 0 Å². The zero-order valence-corrected chi connectivity index (χ0v) is 7.28. The molecule has 0 N–H and O–H groups in total. The third kappa shape index (κ3) is 1.36. The van der Waals surface area contributed by atoms with Gasteiger partial charge in [-0.15, -0.1) is 0 Å². The van der Waals surface area contributed by atoms with Crippen LogP contribution in [0.4, 0.5) is 0 Å². The van der Waals surface area contributed by atoms with Gasteiger partial charge >= 0.3 is 0 Å². The fourth-order valence-electron chi connectivity index (χ4n) is 1.31. The molecule has 0 aliphatic rings. The van der Waals surface area contributed by atoms with Crippen molar-refractivity contribution in [1.29, 1.82) is 5.26 Å². The quantitative estimate of drug-likeness (QED) is 0.605. The third-order valence-electron chi connectivity index (χ3n) is 1.95. The van der Waals surface area contributed by atoms with E-state index in [9.17, 15) is 0 Å². The topological polar surface area (TPSA) is 36.7 Å². The predicted molar refractivity (Wildman–Crippen MR) is 51.2 cm³/mol. The lowest BCUT2D eigenvalue weighted by Gasteiger charge is -1.98. The summed E-state index contributed by atoms with van der Waals surface area (Å²) in [5, 5.41) is 9.72. The molecule has 0 saturated carbocycles. The monoisotopic (exact) mass is 168 g/mol. The van der Waals surface area contributed by atoms with E-state index in [1.807, 2.05) is 31.3 Å². The number of hydrogen-bond acceptors (Lipinski definition) is 2. The van der Waals surface area contributed by atoms with Crippen LogP contribution in [-0.2, 0) is 0 Å². The van der Waals surface area contributed by atoms with E-state index in [0.717, 1.165) is 16.5 Å². The molecule has 1 aromatic carbocycles. The molecule has 0 fully saturated rings. The number of pyridine rings is 1. The van der Waals surface area contributed by atoms with Gasteiger partial charge in [-0.2, -0.15) is 5.26 Å². The fraction of sp³-hybridized carbons (Fsp3) is 0.0909. The van der Waals surface area contributed by atoms with Crippen molar-refractivity contribution in [2.75, 3.05) is 0 Å². The molecule has 2 rings (SSSR count). The summed E-state index contributed by atoms with van der Waals surface area (Å²) in [6, 6.07) is 9.65. The zero-order valence-electron chi connectivity index (χ0n) is 7.28. The number of aromatic nitrogens is 1. The van der Waals surface area contributed by atoms with Crippen LogP contribution >= 0.6 is 0 Å². The lowest BCUT2D eigenvalue weighted by Crippen LogP contribution is -1.82. The molecule has 2 nitrogen and oxygen atoms in total. The third-order valence-corrected chi connectivity index (χ3v) is 1.95. The van der Waals surface area contributed by atoms with Crippen LogP contribution in [0.3, 0.4) is 0 Å². The average molecular weight is 168 g/mol. The van der Waals surface area contributed by atoms with Gasteiger partial charge in [-0.25, -0.2) is 0 Å². The lowest BCUT2D eigenvalue weighted by atomic mass is 10.1. The molecule has 1 heterocycles. The Kier molecular flexibility index (Phi) is 1.71. The molecule has 0 unspecified atom stereocenters. The first kappa shape index (κ1) is 7.75. The van der Waals surface area contributed by atoms with E-state index in [-0.39, 0.29) is 0 Å². The Morgan fingerprint density at radius 2 is 2.15 bits per heavy atom. The summed E-state index contributed by atoms with van der Waals surface area (Å²) in [5.74, 6) is 0. The van der Waals surface area contributed by atoms with Gasteiger partial charge in [0.05, 0.1) is 17.1 Å². The van der Waals surface area contributed by atoms with E-state index >= 15 is 0 Å². The molecule has 0 aliphatic carbocycles. The number of nitrogens with zero attached hydrogens (tertiary/aromatic N) is 2. The number of hydrogen-bond donors (Lipinski definition) is 0. The van der Waals surface area contributed by atoms with Gasteiger partial charge in [0.15, 0.2) is 0 Å². The highest BCUT2D eigenvalue weighted by Crippen LogP contribution is 2.14. The number of rotatable bonds is 0. The minimum absolute atomic E-state index is 0.680. The van der Waals surface area contributed by atoms with Crippen LogP contribution in [0.15, 0.2) is 30.5 Å². The van der Waals surface area contributed by atoms with E-state index in [4.69, 9.17) is 5.26 Å². The minimum Gasteiger partial charge on any atom is -0.256 e. The van der Waals surface area contributed by atoms with Gasteiger partial charge in [-0.05, 0) is 36.8 Å². The van der Waals surface area contributed by atoms with E-state index < -0.39 is 0 Å². The first-order valence-electron chi connectivity index (χ1n) is 4.06. The van der Waals surface area contributed by atoms with E-state index in [0.29, 0.717) is 5.56 Å². The predicted octanol–water partition coefficient (Wildman–Crippen LogP) is 2.41. The van der Waals surface area contributed by atoms with Crippen molar-refractivity contribution < 1.29 is 0 Å². The van der Waals surface area contributed by atoms with Crippen molar-refractivity contribution in [3.8, 4) is 6.07 Å². The summed E-state index contributed by atoms with van der Waals surface area (Å²) in [7, 11) is 0. The maximum absolute atomic E-state index is 8.70. The standard InChI is InChI=1S/C11H8N2/c1-8-4-10-5-9(6-12)2-3-11(10)13-7-8/h2-5,7H,1H3. The highest BCUT2D eigenvalue weighted by molar-refractivity contribution is 5.80. The van der Waals surface area contributed by atoms with Crippen LogP contribution in [-0.4, -0.2) is 4.98 Å². The summed E-state index contributed by atoms with van der Waals surface area (Å²) in [4.78, 5) is 4.25. The molecule has 0 amide bonds. The summed E-state index contributed by atoms with van der Waals surface area (Å²) in [5.41, 5.74) is 2.73. The van der Waals surface area contributed by atoms with Crippen LogP contribution in [0.25, 0.3) is 10.9 Å². The summed E-state index contributed by atoms with van der Waals surface area (Å²) >= 11 is 0. The first-order valence-corrected chi connectivity index (χ1v) is 4.06. The number of benzene rings is 1. The number of nitriles is 1. The maximum atomic E-state index is 8.70.